The fourth-order valence-electron chi connectivity index (χ4n) is 3.07. The van der Waals surface area contributed by atoms with E-state index in [2.05, 4.69) is 5.32 Å². The van der Waals surface area contributed by atoms with E-state index >= 15 is 0 Å². The Morgan fingerprint density at radius 2 is 2.22 bits per heavy atom. The first-order chi connectivity index (χ1) is 8.66. The molecule has 0 aromatic heterocycles. The summed E-state index contributed by atoms with van der Waals surface area (Å²) in [6.45, 7) is 0.427. The van der Waals surface area contributed by atoms with Crippen LogP contribution in [0.3, 0.4) is 0 Å². The summed E-state index contributed by atoms with van der Waals surface area (Å²) in [6.07, 6.45) is 3.27. The van der Waals surface area contributed by atoms with Gasteiger partial charge in [0.25, 0.3) is 0 Å². The fraction of sp³-hybridized carbons (Fsp3) is 0.500. The molecule has 1 aromatic carbocycles. The summed E-state index contributed by atoms with van der Waals surface area (Å²) in [4.78, 5) is 10.9. The topological polar surface area (TPSA) is 49.3 Å². The molecule has 0 spiro atoms. The van der Waals surface area contributed by atoms with Crippen molar-refractivity contribution in [3.8, 4) is 0 Å². The van der Waals surface area contributed by atoms with Gasteiger partial charge in [0.2, 0.25) is 0 Å². The van der Waals surface area contributed by atoms with E-state index in [4.69, 9.17) is 5.11 Å². The van der Waals surface area contributed by atoms with Crippen LogP contribution in [-0.2, 0) is 17.6 Å². The number of nitrogens with one attached hydrogen (secondary N) is 1. The minimum absolute atomic E-state index is 0.117. The summed E-state index contributed by atoms with van der Waals surface area (Å²) in [6, 6.07) is 3.66. The third kappa shape index (κ3) is 1.81. The molecule has 2 aliphatic rings. The van der Waals surface area contributed by atoms with Crippen LogP contribution in [0.4, 0.5) is 4.39 Å². The number of rotatable bonds is 2. The highest BCUT2D eigenvalue weighted by Crippen LogP contribution is 2.33. The number of hydrogen-bond donors (Lipinski definition) is 2. The van der Waals surface area contributed by atoms with Crippen LogP contribution < -0.4 is 5.32 Å². The van der Waals surface area contributed by atoms with Gasteiger partial charge in [-0.3, -0.25) is 4.79 Å². The van der Waals surface area contributed by atoms with Gasteiger partial charge in [-0.1, -0.05) is 12.1 Å². The molecule has 0 amide bonds. The Morgan fingerprint density at radius 3 is 2.94 bits per heavy atom. The van der Waals surface area contributed by atoms with Crippen LogP contribution in [0, 0.1) is 11.7 Å². The molecule has 4 heteroatoms. The Bertz CT molecular complexity index is 501. The molecule has 3 rings (SSSR count). The van der Waals surface area contributed by atoms with E-state index in [-0.39, 0.29) is 11.9 Å². The van der Waals surface area contributed by atoms with Crippen molar-refractivity contribution < 1.29 is 14.3 Å². The lowest BCUT2D eigenvalue weighted by molar-refractivity contribution is -0.141. The quantitative estimate of drug-likeness (QED) is 0.843. The lowest BCUT2D eigenvalue weighted by Crippen LogP contribution is -2.18. The lowest BCUT2D eigenvalue weighted by Gasteiger charge is -2.14. The van der Waals surface area contributed by atoms with Gasteiger partial charge < -0.3 is 10.4 Å². The fourth-order valence-corrected chi connectivity index (χ4v) is 3.07. The van der Waals surface area contributed by atoms with Gasteiger partial charge in [-0.05, 0) is 36.8 Å². The number of halogens is 1. The predicted molar refractivity (Wildman–Crippen MR) is 64.9 cm³/mol. The van der Waals surface area contributed by atoms with Gasteiger partial charge in [0.15, 0.2) is 0 Å². The molecule has 96 valence electrons. The van der Waals surface area contributed by atoms with Gasteiger partial charge in [0.1, 0.15) is 5.82 Å². The second kappa shape index (κ2) is 4.35. The Hall–Kier alpha value is -1.42. The molecule has 1 heterocycles. The van der Waals surface area contributed by atoms with Gasteiger partial charge in [0, 0.05) is 18.2 Å². The highest BCUT2D eigenvalue weighted by atomic mass is 19.1. The summed E-state index contributed by atoms with van der Waals surface area (Å²) in [7, 11) is 0. The first-order valence-corrected chi connectivity index (χ1v) is 6.43. The maximum Gasteiger partial charge on any atom is 0.307 e. The summed E-state index contributed by atoms with van der Waals surface area (Å²) in [5.74, 6) is -1.32. The van der Waals surface area contributed by atoms with Crippen molar-refractivity contribution in [3.63, 3.8) is 0 Å². The van der Waals surface area contributed by atoms with E-state index in [1.54, 1.807) is 0 Å². The van der Waals surface area contributed by atoms with Gasteiger partial charge in [-0.25, -0.2) is 4.39 Å². The molecule has 0 radical (unpaired) electrons. The average Bonchev–Trinajstić information content (AvgIpc) is 2.97. The molecule has 3 nitrogen and oxygen atoms in total. The van der Waals surface area contributed by atoms with E-state index in [0.717, 1.165) is 30.4 Å². The predicted octanol–water partition coefficient (Wildman–Crippen LogP) is 2.05. The molecule has 1 aromatic rings. The second-order valence-electron chi connectivity index (χ2n) is 5.19. The monoisotopic (exact) mass is 249 g/mol. The second-order valence-corrected chi connectivity index (χ2v) is 5.19. The van der Waals surface area contributed by atoms with Crippen LogP contribution in [0.2, 0.25) is 0 Å². The standard InChI is InChI=1S/C14H16FNO2/c15-13-10-3-1-2-8(10)4-5-11(13)12-6-9(7-16-12)14(17)18/h4-5,9,12,16H,1-3,6-7H2,(H,17,18). The molecule has 18 heavy (non-hydrogen) atoms. The Labute approximate surface area is 105 Å². The molecular formula is C14H16FNO2. The largest absolute Gasteiger partial charge is 0.481 e. The van der Waals surface area contributed by atoms with E-state index in [1.165, 1.54) is 0 Å². The maximum absolute atomic E-state index is 14.4. The highest BCUT2D eigenvalue weighted by Gasteiger charge is 2.32. The molecule has 0 saturated carbocycles. The Morgan fingerprint density at radius 1 is 1.39 bits per heavy atom. The SMILES string of the molecule is O=C(O)C1CNC(c2ccc3c(c2F)CCC3)C1. The zero-order valence-electron chi connectivity index (χ0n) is 10.1. The lowest BCUT2D eigenvalue weighted by atomic mass is 9.96. The van der Waals surface area contributed by atoms with Crippen molar-refractivity contribution >= 4 is 5.97 Å². The van der Waals surface area contributed by atoms with Crippen molar-refractivity contribution in [2.24, 2.45) is 5.92 Å². The number of benzene rings is 1. The number of fused-ring (bicyclic) bond motifs is 1. The normalized spacial score (nSPS) is 26.3. The molecule has 2 N–H and O–H groups in total. The van der Waals surface area contributed by atoms with Crippen molar-refractivity contribution in [2.75, 3.05) is 6.54 Å². The molecule has 2 unspecified atom stereocenters. The third-order valence-corrected chi connectivity index (χ3v) is 4.10. The van der Waals surface area contributed by atoms with Crippen LogP contribution in [0.1, 0.15) is 35.6 Å². The molecule has 1 fully saturated rings. The smallest absolute Gasteiger partial charge is 0.307 e. The minimum atomic E-state index is -0.799. The molecule has 1 saturated heterocycles. The highest BCUT2D eigenvalue weighted by molar-refractivity contribution is 5.70. The average molecular weight is 249 g/mol. The number of aliphatic carboxylic acids is 1. The Balaban J connectivity index is 1.88. The van der Waals surface area contributed by atoms with Gasteiger partial charge in [0.05, 0.1) is 5.92 Å². The summed E-state index contributed by atoms with van der Waals surface area (Å²) >= 11 is 0. The summed E-state index contributed by atoms with van der Waals surface area (Å²) in [5.41, 5.74) is 2.59. The number of carbonyl (C=O) groups is 1. The van der Waals surface area contributed by atoms with Crippen LogP contribution in [0.15, 0.2) is 12.1 Å². The number of hydrogen-bond acceptors (Lipinski definition) is 2. The molecular weight excluding hydrogens is 233 g/mol. The Kier molecular flexibility index (Phi) is 2.82. The van der Waals surface area contributed by atoms with E-state index in [9.17, 15) is 9.18 Å². The first kappa shape index (κ1) is 11.7. The van der Waals surface area contributed by atoms with E-state index in [1.807, 2.05) is 12.1 Å². The number of carboxylic acid groups (broad SMARTS) is 1. The summed E-state index contributed by atoms with van der Waals surface area (Å²) in [5, 5.41) is 12.1. The number of carboxylic acids is 1. The van der Waals surface area contributed by atoms with Gasteiger partial charge in [-0.2, -0.15) is 0 Å². The molecule has 2 atom stereocenters. The molecule has 0 bridgehead atoms. The zero-order chi connectivity index (χ0) is 12.7. The minimum Gasteiger partial charge on any atom is -0.481 e. The number of aryl methyl sites for hydroxylation is 1. The maximum atomic E-state index is 14.4. The third-order valence-electron chi connectivity index (χ3n) is 4.10. The molecule has 1 aliphatic carbocycles. The van der Waals surface area contributed by atoms with Crippen LogP contribution in [-0.4, -0.2) is 17.6 Å². The molecule has 1 aliphatic heterocycles. The van der Waals surface area contributed by atoms with Crippen LogP contribution in [0.25, 0.3) is 0 Å². The van der Waals surface area contributed by atoms with Crippen LogP contribution >= 0.6 is 0 Å². The van der Waals surface area contributed by atoms with Gasteiger partial charge in [-0.15, -0.1) is 0 Å². The zero-order valence-corrected chi connectivity index (χ0v) is 10.1. The first-order valence-electron chi connectivity index (χ1n) is 6.43. The van der Waals surface area contributed by atoms with Crippen molar-refractivity contribution in [3.05, 3.63) is 34.6 Å². The van der Waals surface area contributed by atoms with E-state index < -0.39 is 11.9 Å². The van der Waals surface area contributed by atoms with Crippen molar-refractivity contribution in [1.29, 1.82) is 0 Å². The van der Waals surface area contributed by atoms with Gasteiger partial charge >= 0.3 is 5.97 Å². The summed E-state index contributed by atoms with van der Waals surface area (Å²) < 4.78 is 14.4. The van der Waals surface area contributed by atoms with Crippen molar-refractivity contribution in [1.82, 2.24) is 5.32 Å². The van der Waals surface area contributed by atoms with Crippen molar-refractivity contribution in [2.45, 2.75) is 31.7 Å². The van der Waals surface area contributed by atoms with Crippen LogP contribution in [0.5, 0.6) is 0 Å². The van der Waals surface area contributed by atoms with E-state index in [0.29, 0.717) is 18.5 Å².